The maximum atomic E-state index is 12.6. The molecule has 0 aliphatic carbocycles. The average Bonchev–Trinajstić information content (AvgIpc) is 2.86. The summed E-state index contributed by atoms with van der Waals surface area (Å²) in [5.41, 5.74) is 1.19. The third-order valence-electron chi connectivity index (χ3n) is 7.16. The standard InChI is InChI=1S/C30H46N2O6/c1-4-6-7-8-9-10-11-12-13-14-15-16-17-19-23-20-18-21-24(38-5-2)26(23)27-25(28(33)34)22(3)31-29(35)32(27)30(36)37/h18,20-21,27H,4-17,19H2,1-3H3,(H,31,35)(H,33,34)(H,36,37). The molecule has 0 saturated heterocycles. The van der Waals surface area contributed by atoms with Crippen LogP contribution in [-0.4, -0.2) is 39.8 Å². The molecule has 1 aromatic carbocycles. The Hall–Kier alpha value is -3.03. The molecule has 0 bridgehead atoms. The van der Waals surface area contributed by atoms with Gasteiger partial charge in [0.1, 0.15) is 11.8 Å². The maximum absolute atomic E-state index is 12.6. The zero-order valence-corrected chi connectivity index (χ0v) is 23.4. The molecule has 3 amide bonds. The fourth-order valence-corrected chi connectivity index (χ4v) is 5.22. The summed E-state index contributed by atoms with van der Waals surface area (Å²) < 4.78 is 5.81. The summed E-state index contributed by atoms with van der Waals surface area (Å²) in [6, 6.07) is 3.24. The fraction of sp³-hybridized carbons (Fsp3) is 0.633. The topological polar surface area (TPSA) is 116 Å². The molecule has 3 N–H and O–H groups in total. The monoisotopic (exact) mass is 530 g/mol. The van der Waals surface area contributed by atoms with Crippen molar-refractivity contribution in [2.24, 2.45) is 0 Å². The second-order valence-corrected chi connectivity index (χ2v) is 10.1. The summed E-state index contributed by atoms with van der Waals surface area (Å²) in [6.45, 7) is 5.85. The third kappa shape index (κ3) is 9.07. The van der Waals surface area contributed by atoms with Crippen LogP contribution in [-0.2, 0) is 11.2 Å². The smallest absolute Gasteiger partial charge is 0.416 e. The van der Waals surface area contributed by atoms with Crippen molar-refractivity contribution < 1.29 is 29.3 Å². The van der Waals surface area contributed by atoms with Gasteiger partial charge in [0, 0.05) is 11.3 Å². The van der Waals surface area contributed by atoms with Gasteiger partial charge >= 0.3 is 18.1 Å². The number of ether oxygens (including phenoxy) is 1. The predicted octanol–water partition coefficient (Wildman–Crippen LogP) is 7.82. The minimum Gasteiger partial charge on any atom is -0.493 e. The largest absolute Gasteiger partial charge is 0.493 e. The number of nitrogens with one attached hydrogen (secondary N) is 1. The fourth-order valence-electron chi connectivity index (χ4n) is 5.22. The molecule has 1 heterocycles. The van der Waals surface area contributed by atoms with Crippen LogP contribution in [0.5, 0.6) is 5.75 Å². The van der Waals surface area contributed by atoms with E-state index in [1.54, 1.807) is 6.07 Å². The van der Waals surface area contributed by atoms with Crippen molar-refractivity contribution >= 4 is 18.1 Å². The molecule has 38 heavy (non-hydrogen) atoms. The van der Waals surface area contributed by atoms with Crippen molar-refractivity contribution in [3.8, 4) is 5.75 Å². The Kier molecular flexibility index (Phi) is 13.7. The molecule has 212 valence electrons. The van der Waals surface area contributed by atoms with Crippen LogP contribution in [0.2, 0.25) is 0 Å². The van der Waals surface area contributed by atoms with Crippen LogP contribution >= 0.6 is 0 Å². The van der Waals surface area contributed by atoms with Crippen molar-refractivity contribution in [2.75, 3.05) is 6.61 Å². The molecular formula is C30H46N2O6. The Bertz CT molecular complexity index is 958. The second kappa shape index (κ2) is 16.7. The van der Waals surface area contributed by atoms with Gasteiger partial charge in [-0.25, -0.2) is 19.3 Å². The molecule has 0 aromatic heterocycles. The van der Waals surface area contributed by atoms with E-state index < -0.39 is 24.1 Å². The Labute approximate surface area is 227 Å². The van der Waals surface area contributed by atoms with Gasteiger partial charge in [0.15, 0.2) is 0 Å². The number of carbonyl (C=O) groups is 3. The first kappa shape index (κ1) is 31.2. The first-order valence-corrected chi connectivity index (χ1v) is 14.3. The number of allylic oxidation sites excluding steroid dienone is 1. The highest BCUT2D eigenvalue weighted by Gasteiger charge is 2.43. The zero-order valence-electron chi connectivity index (χ0n) is 23.4. The maximum Gasteiger partial charge on any atom is 0.416 e. The van der Waals surface area contributed by atoms with E-state index >= 15 is 0 Å². The lowest BCUT2D eigenvalue weighted by Crippen LogP contribution is -2.51. The molecule has 2 rings (SSSR count). The summed E-state index contributed by atoms with van der Waals surface area (Å²) in [4.78, 5) is 37.5. The summed E-state index contributed by atoms with van der Waals surface area (Å²) in [6.07, 6.45) is 15.3. The number of benzene rings is 1. The molecule has 8 heteroatoms. The number of hydrogen-bond donors (Lipinski definition) is 3. The van der Waals surface area contributed by atoms with Gasteiger partial charge in [0.25, 0.3) is 0 Å². The van der Waals surface area contributed by atoms with Gasteiger partial charge in [-0.05, 0) is 38.3 Å². The SMILES string of the molecule is CCCCCCCCCCCCCCCc1cccc(OCC)c1C1C(C(=O)O)=C(C)NC(=O)N1C(=O)O. The zero-order chi connectivity index (χ0) is 27.9. The molecule has 0 spiro atoms. The predicted molar refractivity (Wildman–Crippen MR) is 148 cm³/mol. The van der Waals surface area contributed by atoms with Crippen LogP contribution < -0.4 is 10.1 Å². The van der Waals surface area contributed by atoms with E-state index in [9.17, 15) is 24.6 Å². The van der Waals surface area contributed by atoms with Crippen molar-refractivity contribution in [3.63, 3.8) is 0 Å². The van der Waals surface area contributed by atoms with Crippen molar-refractivity contribution in [1.82, 2.24) is 10.2 Å². The van der Waals surface area contributed by atoms with Crippen LogP contribution in [0.15, 0.2) is 29.5 Å². The molecule has 0 radical (unpaired) electrons. The number of carboxylic acids is 1. The second-order valence-electron chi connectivity index (χ2n) is 10.1. The van der Waals surface area contributed by atoms with Gasteiger partial charge in [-0.3, -0.25) is 0 Å². The van der Waals surface area contributed by atoms with Crippen LogP contribution in [0.3, 0.4) is 0 Å². The van der Waals surface area contributed by atoms with E-state index in [0.29, 0.717) is 29.2 Å². The summed E-state index contributed by atoms with van der Waals surface area (Å²) in [5.74, 6) is -0.880. The summed E-state index contributed by atoms with van der Waals surface area (Å²) in [5, 5.41) is 22.2. The highest BCUT2D eigenvalue weighted by molar-refractivity contribution is 5.99. The lowest BCUT2D eigenvalue weighted by molar-refractivity contribution is -0.133. The van der Waals surface area contributed by atoms with Crippen molar-refractivity contribution in [3.05, 3.63) is 40.6 Å². The van der Waals surface area contributed by atoms with Crippen molar-refractivity contribution in [1.29, 1.82) is 0 Å². The highest BCUT2D eigenvalue weighted by Crippen LogP contribution is 2.41. The molecule has 8 nitrogen and oxygen atoms in total. The number of urea groups is 1. The highest BCUT2D eigenvalue weighted by atomic mass is 16.5. The van der Waals surface area contributed by atoms with Gasteiger partial charge in [-0.1, -0.05) is 96.1 Å². The normalized spacial score (nSPS) is 15.5. The van der Waals surface area contributed by atoms with Crippen LogP contribution in [0.4, 0.5) is 9.59 Å². The van der Waals surface area contributed by atoms with E-state index in [1.807, 2.05) is 19.1 Å². The third-order valence-corrected chi connectivity index (χ3v) is 7.16. The van der Waals surface area contributed by atoms with Gasteiger partial charge in [-0.2, -0.15) is 0 Å². The summed E-state index contributed by atoms with van der Waals surface area (Å²) in [7, 11) is 0. The Balaban J connectivity index is 2.04. The van der Waals surface area contributed by atoms with Gasteiger partial charge < -0.3 is 20.3 Å². The molecular weight excluding hydrogens is 484 g/mol. The number of nitrogens with zero attached hydrogens (tertiary/aromatic N) is 1. The number of carboxylic acid groups (broad SMARTS) is 2. The number of imide groups is 1. The lowest BCUT2D eigenvalue weighted by Gasteiger charge is -2.35. The number of hydrogen-bond acceptors (Lipinski definition) is 4. The number of rotatable bonds is 18. The van der Waals surface area contributed by atoms with E-state index in [0.717, 1.165) is 24.8 Å². The molecule has 1 atom stereocenters. The number of amides is 3. The Morgan fingerprint density at radius 3 is 1.95 bits per heavy atom. The summed E-state index contributed by atoms with van der Waals surface area (Å²) >= 11 is 0. The molecule has 1 unspecified atom stereocenters. The number of aryl methyl sites for hydroxylation is 1. The van der Waals surface area contributed by atoms with E-state index in [4.69, 9.17) is 4.74 Å². The molecule has 0 fully saturated rings. The van der Waals surface area contributed by atoms with Crippen LogP contribution in [0.25, 0.3) is 0 Å². The van der Waals surface area contributed by atoms with Crippen LogP contribution in [0, 0.1) is 0 Å². The minimum atomic E-state index is -1.52. The number of unbranched alkanes of at least 4 members (excludes halogenated alkanes) is 12. The van der Waals surface area contributed by atoms with Crippen molar-refractivity contribution in [2.45, 2.75) is 117 Å². The molecule has 1 aromatic rings. The Morgan fingerprint density at radius 1 is 0.895 bits per heavy atom. The number of aliphatic carboxylic acids is 1. The van der Waals surface area contributed by atoms with Gasteiger partial charge in [0.05, 0.1) is 12.2 Å². The van der Waals surface area contributed by atoms with Gasteiger partial charge in [0.2, 0.25) is 0 Å². The van der Waals surface area contributed by atoms with E-state index in [-0.39, 0.29) is 11.3 Å². The molecule has 1 aliphatic rings. The first-order chi connectivity index (χ1) is 18.3. The lowest BCUT2D eigenvalue weighted by atomic mass is 9.88. The first-order valence-electron chi connectivity index (χ1n) is 14.3. The number of carbonyl (C=O) groups excluding carboxylic acids is 1. The minimum absolute atomic E-state index is 0.128. The van der Waals surface area contributed by atoms with Crippen LogP contribution in [0.1, 0.15) is 121 Å². The van der Waals surface area contributed by atoms with E-state index in [2.05, 4.69) is 12.2 Å². The average molecular weight is 531 g/mol. The molecule has 1 aliphatic heterocycles. The van der Waals surface area contributed by atoms with E-state index in [1.165, 1.54) is 71.1 Å². The quantitative estimate of drug-likeness (QED) is 0.167. The molecule has 0 saturated carbocycles. The van der Waals surface area contributed by atoms with Gasteiger partial charge in [-0.15, -0.1) is 0 Å². The Morgan fingerprint density at radius 2 is 1.45 bits per heavy atom.